The van der Waals surface area contributed by atoms with E-state index in [-0.39, 0.29) is 23.4 Å². The van der Waals surface area contributed by atoms with Crippen LogP contribution in [0.1, 0.15) is 17.8 Å². The lowest BCUT2D eigenvalue weighted by Gasteiger charge is -2.23. The van der Waals surface area contributed by atoms with Crippen LogP contribution in [-0.2, 0) is 14.8 Å². The first-order valence-electron chi connectivity index (χ1n) is 7.37. The number of amides is 1. The molecular weight excluding hydrogens is 346 g/mol. The summed E-state index contributed by atoms with van der Waals surface area (Å²) in [7, 11) is 0.225. The summed E-state index contributed by atoms with van der Waals surface area (Å²) in [5.74, 6) is -0.200. The van der Waals surface area contributed by atoms with Gasteiger partial charge in [-0.15, -0.1) is 11.3 Å². The Balaban J connectivity index is 2.08. The highest BCUT2D eigenvalue weighted by atomic mass is 32.2. The van der Waals surface area contributed by atoms with E-state index in [1.54, 1.807) is 23.5 Å². The second kappa shape index (κ2) is 7.89. The van der Waals surface area contributed by atoms with Crippen molar-refractivity contribution < 1.29 is 13.2 Å². The first-order valence-corrected chi connectivity index (χ1v) is 9.73. The van der Waals surface area contributed by atoms with Gasteiger partial charge in [0.2, 0.25) is 15.9 Å². The van der Waals surface area contributed by atoms with Crippen LogP contribution >= 0.6 is 11.3 Å². The van der Waals surface area contributed by atoms with Crippen molar-refractivity contribution in [3.8, 4) is 0 Å². The molecule has 0 aliphatic heterocycles. The predicted octanol–water partition coefficient (Wildman–Crippen LogP) is 2.29. The summed E-state index contributed by atoms with van der Waals surface area (Å²) < 4.78 is 27.6. The zero-order valence-corrected chi connectivity index (χ0v) is 15.4. The smallest absolute Gasteiger partial charge is 0.240 e. The first-order chi connectivity index (χ1) is 11.3. The molecule has 0 aliphatic carbocycles. The van der Waals surface area contributed by atoms with Gasteiger partial charge in [0, 0.05) is 24.0 Å². The number of benzene rings is 1. The van der Waals surface area contributed by atoms with Crippen LogP contribution in [0.5, 0.6) is 0 Å². The molecule has 0 saturated carbocycles. The molecule has 1 amide bonds. The molecule has 0 spiro atoms. The van der Waals surface area contributed by atoms with Crippen LogP contribution in [-0.4, -0.2) is 39.9 Å². The summed E-state index contributed by atoms with van der Waals surface area (Å²) in [6.07, 6.45) is 0. The van der Waals surface area contributed by atoms with Crippen molar-refractivity contribution in [2.24, 2.45) is 0 Å². The molecule has 8 heteroatoms. The van der Waals surface area contributed by atoms with Crippen LogP contribution in [0.4, 0.5) is 5.69 Å². The van der Waals surface area contributed by atoms with E-state index in [0.717, 1.165) is 4.88 Å². The zero-order valence-electron chi connectivity index (χ0n) is 13.8. The maximum atomic E-state index is 12.4. The number of carbonyl (C=O) groups is 1. The number of thiophene rings is 1. The molecule has 1 heterocycles. The molecule has 0 fully saturated rings. The van der Waals surface area contributed by atoms with Crippen LogP contribution in [0.25, 0.3) is 0 Å². The van der Waals surface area contributed by atoms with Gasteiger partial charge in [-0.25, -0.2) is 13.1 Å². The van der Waals surface area contributed by atoms with Crippen molar-refractivity contribution in [2.75, 3.05) is 26.0 Å². The monoisotopic (exact) mass is 367 g/mol. The standard InChI is InChI=1S/C16H21N3O3S2/c1-12(20)18-13-6-8-14(9-7-13)24(21,22)17-11-15(19(2)3)16-5-4-10-23-16/h4-10,15,17H,11H2,1-3H3,(H,18,20)/t15-/m0/s1. The van der Waals surface area contributed by atoms with Gasteiger partial charge in [0.15, 0.2) is 0 Å². The molecule has 1 aromatic carbocycles. The van der Waals surface area contributed by atoms with Gasteiger partial charge in [0.25, 0.3) is 0 Å². The number of sulfonamides is 1. The lowest BCUT2D eigenvalue weighted by molar-refractivity contribution is -0.114. The summed E-state index contributed by atoms with van der Waals surface area (Å²) >= 11 is 1.60. The normalized spacial score (nSPS) is 13.0. The van der Waals surface area contributed by atoms with E-state index >= 15 is 0 Å². The SMILES string of the molecule is CC(=O)Nc1ccc(S(=O)(=O)NC[C@@H](c2cccs2)N(C)C)cc1. The number of likely N-dealkylation sites (N-methyl/N-ethyl adjacent to an activating group) is 1. The highest BCUT2D eigenvalue weighted by Gasteiger charge is 2.20. The molecule has 0 saturated heterocycles. The largest absolute Gasteiger partial charge is 0.326 e. The molecule has 1 atom stereocenters. The van der Waals surface area contributed by atoms with E-state index in [9.17, 15) is 13.2 Å². The number of nitrogens with one attached hydrogen (secondary N) is 2. The molecule has 2 rings (SSSR count). The highest BCUT2D eigenvalue weighted by molar-refractivity contribution is 7.89. The summed E-state index contributed by atoms with van der Waals surface area (Å²) in [4.78, 5) is 14.3. The molecule has 0 unspecified atom stereocenters. The summed E-state index contributed by atoms with van der Waals surface area (Å²) in [5.41, 5.74) is 0.561. The molecule has 24 heavy (non-hydrogen) atoms. The molecule has 6 nitrogen and oxygen atoms in total. The fraction of sp³-hybridized carbons (Fsp3) is 0.312. The van der Waals surface area contributed by atoms with E-state index in [0.29, 0.717) is 5.69 Å². The fourth-order valence-electron chi connectivity index (χ4n) is 2.21. The Kier molecular flexibility index (Phi) is 6.11. The average molecular weight is 367 g/mol. The van der Waals surface area contributed by atoms with Crippen molar-refractivity contribution >= 4 is 33.0 Å². The summed E-state index contributed by atoms with van der Waals surface area (Å²) in [6.45, 7) is 1.68. The summed E-state index contributed by atoms with van der Waals surface area (Å²) in [5, 5.41) is 4.58. The predicted molar refractivity (Wildman–Crippen MR) is 96.7 cm³/mol. The van der Waals surface area contributed by atoms with Crippen LogP contribution in [0.15, 0.2) is 46.7 Å². The minimum atomic E-state index is -3.61. The molecule has 0 aliphatic rings. The lowest BCUT2D eigenvalue weighted by Crippen LogP contribution is -2.34. The molecule has 130 valence electrons. The van der Waals surface area contributed by atoms with Gasteiger partial charge in [-0.3, -0.25) is 4.79 Å². The van der Waals surface area contributed by atoms with E-state index in [2.05, 4.69) is 10.0 Å². The topological polar surface area (TPSA) is 78.5 Å². The molecule has 2 N–H and O–H groups in total. The first kappa shape index (κ1) is 18.6. The number of anilines is 1. The van der Waals surface area contributed by atoms with Crippen LogP contribution < -0.4 is 10.0 Å². The number of carbonyl (C=O) groups excluding carboxylic acids is 1. The van der Waals surface area contributed by atoms with Gasteiger partial charge in [-0.05, 0) is 49.8 Å². The van der Waals surface area contributed by atoms with Crippen molar-refractivity contribution in [3.05, 3.63) is 46.7 Å². The van der Waals surface area contributed by atoms with E-state index in [1.807, 2.05) is 36.5 Å². The van der Waals surface area contributed by atoms with Gasteiger partial charge < -0.3 is 10.2 Å². The lowest BCUT2D eigenvalue weighted by atomic mass is 10.2. The van der Waals surface area contributed by atoms with Crippen molar-refractivity contribution in [1.82, 2.24) is 9.62 Å². The molecule has 1 aromatic heterocycles. The third-order valence-corrected chi connectivity index (χ3v) is 5.86. The van der Waals surface area contributed by atoms with Crippen LogP contribution in [0, 0.1) is 0 Å². The van der Waals surface area contributed by atoms with E-state index in [1.165, 1.54) is 19.1 Å². The highest BCUT2D eigenvalue weighted by Crippen LogP contribution is 2.23. The van der Waals surface area contributed by atoms with Crippen LogP contribution in [0.2, 0.25) is 0 Å². The molecule has 0 radical (unpaired) electrons. The second-order valence-corrected chi connectivity index (χ2v) is 8.30. The third-order valence-electron chi connectivity index (χ3n) is 3.45. The Morgan fingerprint density at radius 2 is 1.88 bits per heavy atom. The Morgan fingerprint density at radius 3 is 2.38 bits per heavy atom. The Labute approximate surface area is 146 Å². The van der Waals surface area contributed by atoms with Crippen molar-refractivity contribution in [3.63, 3.8) is 0 Å². The average Bonchev–Trinajstić information content (AvgIpc) is 3.01. The number of nitrogens with zero attached hydrogens (tertiary/aromatic N) is 1. The number of hydrogen-bond acceptors (Lipinski definition) is 5. The minimum absolute atomic E-state index is 0.0292. The molecular formula is C16H21N3O3S2. The van der Waals surface area contributed by atoms with E-state index < -0.39 is 10.0 Å². The van der Waals surface area contributed by atoms with Gasteiger partial charge in [0.1, 0.15) is 0 Å². The quantitative estimate of drug-likeness (QED) is 0.787. The van der Waals surface area contributed by atoms with E-state index in [4.69, 9.17) is 0 Å². The minimum Gasteiger partial charge on any atom is -0.326 e. The molecule has 0 bridgehead atoms. The van der Waals surface area contributed by atoms with Gasteiger partial charge in [0.05, 0.1) is 10.9 Å². The van der Waals surface area contributed by atoms with Gasteiger partial charge in [-0.1, -0.05) is 6.07 Å². The Morgan fingerprint density at radius 1 is 1.21 bits per heavy atom. The Hall–Kier alpha value is -1.74. The third kappa shape index (κ3) is 4.88. The fourth-order valence-corrected chi connectivity index (χ4v) is 4.17. The number of hydrogen-bond donors (Lipinski definition) is 2. The number of rotatable bonds is 7. The van der Waals surface area contributed by atoms with Crippen molar-refractivity contribution in [1.29, 1.82) is 0 Å². The van der Waals surface area contributed by atoms with Crippen molar-refractivity contribution in [2.45, 2.75) is 17.9 Å². The summed E-state index contributed by atoms with van der Waals surface area (Å²) in [6, 6.07) is 10.0. The van der Waals surface area contributed by atoms with Gasteiger partial charge in [-0.2, -0.15) is 0 Å². The zero-order chi connectivity index (χ0) is 17.7. The second-order valence-electron chi connectivity index (χ2n) is 5.55. The maximum Gasteiger partial charge on any atom is 0.240 e. The molecule has 2 aromatic rings. The van der Waals surface area contributed by atoms with Crippen LogP contribution in [0.3, 0.4) is 0 Å². The van der Waals surface area contributed by atoms with Gasteiger partial charge >= 0.3 is 0 Å². The maximum absolute atomic E-state index is 12.4. The Bertz CT molecular complexity index is 769.